The number of halogens is 3. The zero-order chi connectivity index (χ0) is 15.7. The Bertz CT molecular complexity index is 601. The summed E-state index contributed by atoms with van der Waals surface area (Å²) >= 11 is 0. The van der Waals surface area contributed by atoms with Crippen LogP contribution in [-0.2, 0) is 9.84 Å². The lowest BCUT2D eigenvalue weighted by Crippen LogP contribution is -2.38. The van der Waals surface area contributed by atoms with E-state index in [9.17, 15) is 26.7 Å². The Kier molecular flexibility index (Phi) is 4.48. The number of benzene rings is 1. The molecule has 8 heteroatoms. The summed E-state index contributed by atoms with van der Waals surface area (Å²) in [5.41, 5.74) is -5.28. The van der Waals surface area contributed by atoms with Gasteiger partial charge in [-0.05, 0) is 30.9 Å². The molecule has 1 aliphatic rings. The highest BCUT2D eigenvalue weighted by Gasteiger charge is 2.48. The van der Waals surface area contributed by atoms with Crippen LogP contribution < -0.4 is 4.90 Å². The number of para-hydroxylation sites is 1. The van der Waals surface area contributed by atoms with Crippen LogP contribution in [0.5, 0.6) is 0 Å². The highest BCUT2D eigenvalue weighted by molar-refractivity contribution is 7.92. The number of sulfone groups is 1. The van der Waals surface area contributed by atoms with Crippen LogP contribution in [0.3, 0.4) is 0 Å². The van der Waals surface area contributed by atoms with Gasteiger partial charge in [0, 0.05) is 19.7 Å². The number of anilines is 1. The molecular formula is C13H16F3NO3S. The number of hydrogen-bond donors (Lipinski definition) is 1. The van der Waals surface area contributed by atoms with Gasteiger partial charge in [-0.1, -0.05) is 12.1 Å². The van der Waals surface area contributed by atoms with E-state index in [1.165, 1.54) is 18.2 Å². The molecule has 0 aliphatic carbocycles. The molecular weight excluding hydrogens is 307 g/mol. The first-order valence-corrected chi connectivity index (χ1v) is 8.02. The van der Waals surface area contributed by atoms with Crippen molar-refractivity contribution in [1.82, 2.24) is 0 Å². The molecule has 1 aromatic rings. The van der Waals surface area contributed by atoms with Crippen molar-refractivity contribution in [3.63, 3.8) is 0 Å². The molecule has 1 aromatic carbocycles. The summed E-state index contributed by atoms with van der Waals surface area (Å²) in [5.74, 6) is -0.0552. The topological polar surface area (TPSA) is 57.6 Å². The molecule has 118 valence electrons. The molecule has 0 amide bonds. The molecule has 1 atom stereocenters. The Morgan fingerprint density at radius 2 is 1.95 bits per heavy atom. The molecule has 0 aromatic heterocycles. The molecule has 1 fully saturated rings. The van der Waals surface area contributed by atoms with Gasteiger partial charge in [-0.15, -0.1) is 0 Å². The molecule has 4 nitrogen and oxygen atoms in total. The molecule has 1 aliphatic heterocycles. The number of alkyl halides is 3. The van der Waals surface area contributed by atoms with Crippen LogP contribution in [0.4, 0.5) is 18.9 Å². The predicted molar refractivity (Wildman–Crippen MR) is 71.7 cm³/mol. The molecule has 21 heavy (non-hydrogen) atoms. The van der Waals surface area contributed by atoms with E-state index in [0.717, 1.165) is 12.5 Å². The van der Waals surface area contributed by atoms with Crippen molar-refractivity contribution in [2.45, 2.75) is 23.2 Å². The lowest BCUT2D eigenvalue weighted by molar-refractivity contribution is -0.0435. The van der Waals surface area contributed by atoms with E-state index in [1.807, 2.05) is 0 Å². The summed E-state index contributed by atoms with van der Waals surface area (Å²) < 4.78 is 61.6. The Morgan fingerprint density at radius 3 is 2.57 bits per heavy atom. The average Bonchev–Trinajstić information content (AvgIpc) is 2.46. The van der Waals surface area contributed by atoms with E-state index in [4.69, 9.17) is 0 Å². The van der Waals surface area contributed by atoms with E-state index < -0.39 is 20.2 Å². The van der Waals surface area contributed by atoms with Crippen LogP contribution in [-0.4, -0.2) is 38.7 Å². The first-order valence-electron chi connectivity index (χ1n) is 6.53. The number of hydrogen-bond acceptors (Lipinski definition) is 4. The zero-order valence-corrected chi connectivity index (χ0v) is 12.0. The minimum Gasteiger partial charge on any atom is -0.396 e. The van der Waals surface area contributed by atoms with Crippen LogP contribution in [0, 0.1) is 5.92 Å². The lowest BCUT2D eigenvalue weighted by Gasteiger charge is -2.34. The van der Waals surface area contributed by atoms with Gasteiger partial charge in [-0.25, -0.2) is 8.42 Å². The van der Waals surface area contributed by atoms with Crippen molar-refractivity contribution < 1.29 is 26.7 Å². The van der Waals surface area contributed by atoms with Crippen LogP contribution in [0.2, 0.25) is 0 Å². The van der Waals surface area contributed by atoms with Gasteiger partial charge in [0.1, 0.15) is 0 Å². The third-order valence-corrected chi connectivity index (χ3v) is 5.11. The standard InChI is InChI=1S/C13H16F3NO3S/c14-13(15,16)21(19,20)12-6-2-1-5-11(12)17-7-3-4-10(8-17)9-18/h1-2,5-6,10,18H,3-4,7-9H2. The fraction of sp³-hybridized carbons (Fsp3) is 0.538. The van der Waals surface area contributed by atoms with Crippen molar-refractivity contribution in [3.8, 4) is 0 Å². The molecule has 1 heterocycles. The van der Waals surface area contributed by atoms with E-state index >= 15 is 0 Å². The first-order chi connectivity index (χ1) is 9.77. The maximum atomic E-state index is 12.8. The summed E-state index contributed by atoms with van der Waals surface area (Å²) in [5, 5.41) is 9.19. The first kappa shape index (κ1) is 16.1. The quantitative estimate of drug-likeness (QED) is 0.926. The van der Waals surface area contributed by atoms with Gasteiger partial charge >= 0.3 is 5.51 Å². The van der Waals surface area contributed by atoms with Crippen LogP contribution >= 0.6 is 0 Å². The second-order valence-electron chi connectivity index (χ2n) is 5.05. The number of aliphatic hydroxyl groups is 1. The Labute approximate surface area is 121 Å². The van der Waals surface area contributed by atoms with E-state index in [1.54, 1.807) is 4.90 Å². The minimum atomic E-state index is -5.38. The largest absolute Gasteiger partial charge is 0.501 e. The van der Waals surface area contributed by atoms with E-state index in [2.05, 4.69) is 0 Å². The van der Waals surface area contributed by atoms with Crippen LogP contribution in [0.15, 0.2) is 29.2 Å². The van der Waals surface area contributed by atoms with E-state index in [-0.39, 0.29) is 18.2 Å². The molecule has 1 N–H and O–H groups in total. The van der Waals surface area contributed by atoms with Gasteiger partial charge < -0.3 is 10.0 Å². The third-order valence-electron chi connectivity index (χ3n) is 3.58. The maximum Gasteiger partial charge on any atom is 0.501 e. The smallest absolute Gasteiger partial charge is 0.396 e. The van der Waals surface area contributed by atoms with Gasteiger partial charge in [-0.2, -0.15) is 13.2 Å². The van der Waals surface area contributed by atoms with Gasteiger partial charge in [0.15, 0.2) is 0 Å². The molecule has 0 saturated carbocycles. The fourth-order valence-electron chi connectivity index (χ4n) is 2.50. The summed E-state index contributed by atoms with van der Waals surface area (Å²) in [4.78, 5) is 0.874. The van der Waals surface area contributed by atoms with Crippen LogP contribution in [0.1, 0.15) is 12.8 Å². The Morgan fingerprint density at radius 1 is 1.29 bits per heavy atom. The fourth-order valence-corrected chi connectivity index (χ4v) is 3.48. The highest BCUT2D eigenvalue weighted by atomic mass is 32.2. The number of aliphatic hydroxyl groups excluding tert-OH is 1. The zero-order valence-electron chi connectivity index (χ0n) is 11.2. The number of nitrogens with zero attached hydrogens (tertiary/aromatic N) is 1. The molecule has 0 spiro atoms. The molecule has 1 saturated heterocycles. The lowest BCUT2D eigenvalue weighted by atomic mass is 9.98. The molecule has 0 radical (unpaired) electrons. The van der Waals surface area contributed by atoms with E-state index in [0.29, 0.717) is 19.5 Å². The van der Waals surface area contributed by atoms with Crippen molar-refractivity contribution in [1.29, 1.82) is 0 Å². The Hall–Kier alpha value is -1.28. The number of piperidine rings is 1. The minimum absolute atomic E-state index is 0.0491. The van der Waals surface area contributed by atoms with Crippen molar-refractivity contribution in [2.24, 2.45) is 5.92 Å². The summed E-state index contributed by atoms with van der Waals surface area (Å²) in [6.07, 6.45) is 1.48. The average molecular weight is 323 g/mol. The third kappa shape index (κ3) is 3.16. The predicted octanol–water partition coefficient (Wildman–Crippen LogP) is 2.19. The summed E-state index contributed by atoms with van der Waals surface area (Å²) in [6.45, 7) is 0.756. The van der Waals surface area contributed by atoms with Crippen molar-refractivity contribution >= 4 is 15.5 Å². The molecule has 2 rings (SSSR count). The SMILES string of the molecule is O=S(=O)(c1ccccc1N1CCCC(CO)C1)C(F)(F)F. The van der Waals surface area contributed by atoms with Crippen molar-refractivity contribution in [2.75, 3.05) is 24.6 Å². The van der Waals surface area contributed by atoms with Gasteiger partial charge in [0.2, 0.25) is 0 Å². The second-order valence-corrected chi connectivity index (χ2v) is 6.96. The summed E-state index contributed by atoms with van der Waals surface area (Å²) in [6, 6.07) is 5.13. The highest BCUT2D eigenvalue weighted by Crippen LogP contribution is 2.36. The molecule has 1 unspecified atom stereocenters. The Balaban J connectivity index is 2.43. The monoisotopic (exact) mass is 323 g/mol. The van der Waals surface area contributed by atoms with Gasteiger partial charge in [-0.3, -0.25) is 0 Å². The molecule has 0 bridgehead atoms. The van der Waals surface area contributed by atoms with Gasteiger partial charge in [0.05, 0.1) is 10.6 Å². The van der Waals surface area contributed by atoms with Crippen molar-refractivity contribution in [3.05, 3.63) is 24.3 Å². The second kappa shape index (κ2) is 5.84. The maximum absolute atomic E-state index is 12.8. The number of rotatable bonds is 3. The normalized spacial score (nSPS) is 20.6. The van der Waals surface area contributed by atoms with Crippen LogP contribution in [0.25, 0.3) is 0 Å². The van der Waals surface area contributed by atoms with Gasteiger partial charge in [0.25, 0.3) is 9.84 Å². The summed E-state index contributed by atoms with van der Waals surface area (Å²) in [7, 11) is -5.38.